The van der Waals surface area contributed by atoms with Crippen LogP contribution in [0.1, 0.15) is 37.6 Å². The monoisotopic (exact) mass is 414 g/mol. The van der Waals surface area contributed by atoms with Crippen molar-refractivity contribution >= 4 is 28.8 Å². The Morgan fingerprint density at radius 3 is 2.13 bits per heavy atom. The molecule has 0 spiro atoms. The quantitative estimate of drug-likeness (QED) is 0.588. The zero-order chi connectivity index (χ0) is 22.0. The van der Waals surface area contributed by atoms with Gasteiger partial charge in [0.05, 0.1) is 16.7 Å². The SMILES string of the molecule is Cc1nc2ccccc2nc1N1CCN(C(=O)/C=C/c2ccc(C(C)(C)C)cc2)CC1. The Labute approximate surface area is 184 Å². The molecule has 1 saturated heterocycles. The van der Waals surface area contributed by atoms with Crippen molar-refractivity contribution in [1.82, 2.24) is 14.9 Å². The lowest BCUT2D eigenvalue weighted by Crippen LogP contribution is -2.48. The molecule has 5 heteroatoms. The fourth-order valence-electron chi connectivity index (χ4n) is 3.88. The van der Waals surface area contributed by atoms with Crippen LogP contribution in [0.3, 0.4) is 0 Å². The van der Waals surface area contributed by atoms with Crippen molar-refractivity contribution in [3.05, 3.63) is 71.4 Å². The van der Waals surface area contributed by atoms with E-state index in [1.54, 1.807) is 6.08 Å². The maximum Gasteiger partial charge on any atom is 0.246 e. The normalized spacial score (nSPS) is 15.1. The Bertz CT molecular complexity index is 1100. The lowest BCUT2D eigenvalue weighted by Gasteiger charge is -2.35. The first-order valence-electron chi connectivity index (χ1n) is 10.9. The van der Waals surface area contributed by atoms with Gasteiger partial charge in [-0.3, -0.25) is 4.79 Å². The van der Waals surface area contributed by atoms with E-state index in [0.29, 0.717) is 13.1 Å². The molecular formula is C26H30N4O. The molecule has 0 atom stereocenters. The number of anilines is 1. The van der Waals surface area contributed by atoms with Crippen LogP contribution in [-0.4, -0.2) is 47.0 Å². The summed E-state index contributed by atoms with van der Waals surface area (Å²) in [5.74, 6) is 0.973. The second-order valence-corrected chi connectivity index (χ2v) is 9.14. The van der Waals surface area contributed by atoms with E-state index in [-0.39, 0.29) is 11.3 Å². The van der Waals surface area contributed by atoms with Crippen molar-refractivity contribution in [2.75, 3.05) is 31.1 Å². The molecule has 3 aromatic rings. The van der Waals surface area contributed by atoms with Crippen LogP contribution in [0.2, 0.25) is 0 Å². The molecule has 4 rings (SSSR count). The summed E-state index contributed by atoms with van der Waals surface area (Å²) in [7, 11) is 0. The van der Waals surface area contributed by atoms with Gasteiger partial charge in [-0.15, -0.1) is 0 Å². The first kappa shape index (κ1) is 21.0. The third-order valence-corrected chi connectivity index (χ3v) is 5.81. The van der Waals surface area contributed by atoms with Gasteiger partial charge in [0.25, 0.3) is 0 Å². The molecule has 31 heavy (non-hydrogen) atoms. The Hall–Kier alpha value is -3.21. The number of nitrogens with zero attached hydrogens (tertiary/aromatic N) is 4. The maximum atomic E-state index is 12.7. The van der Waals surface area contributed by atoms with E-state index in [4.69, 9.17) is 9.97 Å². The number of aromatic nitrogens is 2. The predicted molar refractivity (Wildman–Crippen MR) is 127 cm³/mol. The van der Waals surface area contributed by atoms with Crippen molar-refractivity contribution in [2.24, 2.45) is 0 Å². The van der Waals surface area contributed by atoms with Gasteiger partial charge in [0, 0.05) is 32.3 Å². The number of piperazine rings is 1. The number of rotatable bonds is 3. The van der Waals surface area contributed by atoms with E-state index < -0.39 is 0 Å². The second-order valence-electron chi connectivity index (χ2n) is 9.14. The van der Waals surface area contributed by atoms with Crippen molar-refractivity contribution < 1.29 is 4.79 Å². The fraction of sp³-hybridized carbons (Fsp3) is 0.346. The lowest BCUT2D eigenvalue weighted by atomic mass is 9.87. The van der Waals surface area contributed by atoms with Gasteiger partial charge >= 0.3 is 0 Å². The molecule has 1 aliphatic heterocycles. The van der Waals surface area contributed by atoms with Gasteiger partial charge in [-0.1, -0.05) is 57.2 Å². The molecule has 0 unspecified atom stereocenters. The van der Waals surface area contributed by atoms with Gasteiger partial charge in [0.1, 0.15) is 0 Å². The summed E-state index contributed by atoms with van der Waals surface area (Å²) >= 11 is 0. The summed E-state index contributed by atoms with van der Waals surface area (Å²) < 4.78 is 0. The van der Waals surface area contributed by atoms with Crippen LogP contribution in [0.25, 0.3) is 17.1 Å². The molecule has 2 heterocycles. The molecule has 0 aliphatic carbocycles. The average molecular weight is 415 g/mol. The Morgan fingerprint density at radius 2 is 1.52 bits per heavy atom. The van der Waals surface area contributed by atoms with Gasteiger partial charge in [0.2, 0.25) is 5.91 Å². The summed E-state index contributed by atoms with van der Waals surface area (Å²) in [6.07, 6.45) is 3.59. The number of hydrogen-bond donors (Lipinski definition) is 0. The Morgan fingerprint density at radius 1 is 0.903 bits per heavy atom. The number of amides is 1. The van der Waals surface area contributed by atoms with Gasteiger partial charge < -0.3 is 9.80 Å². The molecule has 2 aromatic carbocycles. The van der Waals surface area contributed by atoms with Gasteiger partial charge in [-0.05, 0) is 41.7 Å². The summed E-state index contributed by atoms with van der Waals surface area (Å²) in [6.45, 7) is 11.5. The molecule has 5 nitrogen and oxygen atoms in total. The van der Waals surface area contributed by atoms with E-state index in [2.05, 4.69) is 49.9 Å². The van der Waals surface area contributed by atoms with Crippen molar-refractivity contribution in [3.8, 4) is 0 Å². The number of carbonyl (C=O) groups excluding carboxylic acids is 1. The summed E-state index contributed by atoms with van der Waals surface area (Å²) in [5.41, 5.74) is 5.21. The smallest absolute Gasteiger partial charge is 0.246 e. The highest BCUT2D eigenvalue weighted by atomic mass is 16.2. The highest BCUT2D eigenvalue weighted by molar-refractivity contribution is 5.92. The standard InChI is InChI=1S/C26H30N4O/c1-19-25(28-23-8-6-5-7-22(23)27-19)30-17-15-29(16-18-30)24(31)14-11-20-9-12-21(13-10-20)26(2,3)4/h5-14H,15-18H2,1-4H3/b14-11+. The average Bonchev–Trinajstić information content (AvgIpc) is 2.77. The molecule has 160 valence electrons. The number of hydrogen-bond acceptors (Lipinski definition) is 4. The fourth-order valence-corrected chi connectivity index (χ4v) is 3.88. The van der Waals surface area contributed by atoms with Crippen LogP contribution in [0.15, 0.2) is 54.6 Å². The minimum atomic E-state index is 0.0564. The minimum absolute atomic E-state index is 0.0564. The summed E-state index contributed by atoms with van der Waals surface area (Å²) in [6, 6.07) is 16.4. The van der Waals surface area contributed by atoms with Crippen molar-refractivity contribution in [3.63, 3.8) is 0 Å². The number of benzene rings is 2. The van der Waals surface area contributed by atoms with E-state index in [1.807, 2.05) is 42.2 Å². The van der Waals surface area contributed by atoms with Crippen LogP contribution in [0.4, 0.5) is 5.82 Å². The van der Waals surface area contributed by atoms with Crippen molar-refractivity contribution in [1.29, 1.82) is 0 Å². The van der Waals surface area contributed by atoms with E-state index in [1.165, 1.54) is 5.56 Å². The number of aryl methyl sites for hydroxylation is 1. The highest BCUT2D eigenvalue weighted by Gasteiger charge is 2.22. The Kier molecular flexibility index (Phi) is 5.77. The molecule has 1 amide bonds. The molecule has 1 aliphatic rings. The van der Waals surface area contributed by atoms with E-state index in [0.717, 1.165) is 41.2 Å². The summed E-state index contributed by atoms with van der Waals surface area (Å²) in [5, 5.41) is 0. The van der Waals surface area contributed by atoms with E-state index in [9.17, 15) is 4.79 Å². The lowest BCUT2D eigenvalue weighted by molar-refractivity contribution is -0.126. The van der Waals surface area contributed by atoms with Crippen LogP contribution < -0.4 is 4.90 Å². The first-order valence-corrected chi connectivity index (χ1v) is 10.9. The molecule has 1 aromatic heterocycles. The molecular weight excluding hydrogens is 384 g/mol. The first-order chi connectivity index (χ1) is 14.8. The van der Waals surface area contributed by atoms with Gasteiger partial charge in [-0.2, -0.15) is 0 Å². The topological polar surface area (TPSA) is 49.3 Å². The molecule has 1 fully saturated rings. The van der Waals surface area contributed by atoms with Gasteiger partial charge in [0.15, 0.2) is 5.82 Å². The largest absolute Gasteiger partial charge is 0.352 e. The minimum Gasteiger partial charge on any atom is -0.352 e. The zero-order valence-corrected chi connectivity index (χ0v) is 18.8. The molecule has 0 bridgehead atoms. The Balaban J connectivity index is 1.38. The van der Waals surface area contributed by atoms with Crippen LogP contribution in [-0.2, 0) is 10.2 Å². The predicted octanol–water partition coefficient (Wildman–Crippen LogP) is 4.60. The highest BCUT2D eigenvalue weighted by Crippen LogP contribution is 2.23. The third kappa shape index (κ3) is 4.76. The number of para-hydroxylation sites is 2. The van der Waals surface area contributed by atoms with Crippen LogP contribution in [0.5, 0.6) is 0 Å². The molecule has 0 N–H and O–H groups in total. The van der Waals surface area contributed by atoms with Crippen molar-refractivity contribution in [2.45, 2.75) is 33.1 Å². The van der Waals surface area contributed by atoms with E-state index >= 15 is 0 Å². The molecule has 0 saturated carbocycles. The van der Waals surface area contributed by atoms with Crippen LogP contribution >= 0.6 is 0 Å². The second kappa shape index (κ2) is 8.50. The summed E-state index contributed by atoms with van der Waals surface area (Å²) in [4.78, 5) is 26.3. The third-order valence-electron chi connectivity index (χ3n) is 5.81. The molecule has 0 radical (unpaired) electrons. The number of carbonyl (C=O) groups is 1. The number of fused-ring (bicyclic) bond motifs is 1. The maximum absolute atomic E-state index is 12.7. The van der Waals surface area contributed by atoms with Crippen LogP contribution in [0, 0.1) is 6.92 Å². The van der Waals surface area contributed by atoms with Gasteiger partial charge in [-0.25, -0.2) is 9.97 Å². The zero-order valence-electron chi connectivity index (χ0n) is 18.8.